The van der Waals surface area contributed by atoms with E-state index in [9.17, 15) is 9.59 Å². The Morgan fingerprint density at radius 3 is 2.61 bits per heavy atom. The summed E-state index contributed by atoms with van der Waals surface area (Å²) in [5.74, 6) is 1.70. The number of rotatable bonds is 9. The summed E-state index contributed by atoms with van der Waals surface area (Å²) < 4.78 is 13.1. The van der Waals surface area contributed by atoms with Gasteiger partial charge in [-0.25, -0.2) is 0 Å². The fourth-order valence-corrected chi connectivity index (χ4v) is 3.82. The Morgan fingerprint density at radius 1 is 1.06 bits per heavy atom. The number of ether oxygens (including phenoxy) is 2. The molecular weight excluding hydrogens is 392 g/mol. The van der Waals surface area contributed by atoms with E-state index < -0.39 is 0 Å². The highest BCUT2D eigenvalue weighted by Gasteiger charge is 2.20. The van der Waals surface area contributed by atoms with E-state index in [2.05, 4.69) is 5.32 Å². The highest BCUT2D eigenvalue weighted by molar-refractivity contribution is 5.84. The second kappa shape index (κ2) is 9.69. The predicted molar refractivity (Wildman–Crippen MR) is 121 cm³/mol. The van der Waals surface area contributed by atoms with E-state index >= 15 is 0 Å². The van der Waals surface area contributed by atoms with E-state index in [-0.39, 0.29) is 18.1 Å². The zero-order valence-electron chi connectivity index (χ0n) is 17.8. The van der Waals surface area contributed by atoms with Crippen LogP contribution in [0, 0.1) is 12.8 Å². The van der Waals surface area contributed by atoms with Crippen LogP contribution in [-0.2, 0) is 11.3 Å². The molecule has 1 aliphatic carbocycles. The number of hydrogen-bond donors (Lipinski definition) is 1. The maximum absolute atomic E-state index is 12.6. The molecule has 162 valence electrons. The molecule has 6 nitrogen and oxygen atoms in total. The van der Waals surface area contributed by atoms with Gasteiger partial charge in [-0.3, -0.25) is 9.59 Å². The lowest BCUT2D eigenvalue weighted by Crippen LogP contribution is -2.32. The first-order valence-corrected chi connectivity index (χ1v) is 10.8. The van der Waals surface area contributed by atoms with Gasteiger partial charge in [-0.2, -0.15) is 0 Å². The van der Waals surface area contributed by atoms with Crippen molar-refractivity contribution < 1.29 is 14.3 Å². The van der Waals surface area contributed by atoms with Gasteiger partial charge in [0.05, 0.1) is 12.1 Å². The standard InChI is InChI=1S/C25H28N2O4/c1-18-14-25(29)27(16-19-6-5-7-19)23-15-21(10-11-22(18)23)31-17-24(28)26-12-13-30-20-8-3-2-4-9-20/h2-4,8-11,14-15,19H,5-7,12-13,16-17H2,1H3,(H,26,28). The number of aryl methyl sites for hydroxylation is 1. The molecular formula is C25H28N2O4. The van der Waals surface area contributed by atoms with Crippen molar-refractivity contribution in [3.63, 3.8) is 0 Å². The van der Waals surface area contributed by atoms with Gasteiger partial charge in [0.25, 0.3) is 11.5 Å². The Balaban J connectivity index is 1.35. The van der Waals surface area contributed by atoms with Crippen LogP contribution in [0.2, 0.25) is 0 Å². The van der Waals surface area contributed by atoms with E-state index in [0.29, 0.717) is 24.8 Å². The number of nitrogens with one attached hydrogen (secondary N) is 1. The van der Waals surface area contributed by atoms with E-state index in [1.807, 2.05) is 60.0 Å². The summed E-state index contributed by atoms with van der Waals surface area (Å²) in [6.07, 6.45) is 3.58. The van der Waals surface area contributed by atoms with E-state index in [4.69, 9.17) is 9.47 Å². The SMILES string of the molecule is Cc1cc(=O)n(CC2CCC2)c2cc(OCC(=O)NCCOc3ccccc3)ccc12. The zero-order chi connectivity index (χ0) is 21.6. The molecule has 1 saturated carbocycles. The maximum atomic E-state index is 12.6. The molecule has 1 fully saturated rings. The Kier molecular flexibility index (Phi) is 6.55. The van der Waals surface area contributed by atoms with Crippen molar-refractivity contribution >= 4 is 16.8 Å². The van der Waals surface area contributed by atoms with Crippen molar-refractivity contribution in [2.45, 2.75) is 32.7 Å². The molecule has 2 aromatic carbocycles. The minimum absolute atomic E-state index is 0.0187. The van der Waals surface area contributed by atoms with Gasteiger partial charge in [-0.15, -0.1) is 0 Å². The van der Waals surface area contributed by atoms with Crippen molar-refractivity contribution in [3.05, 3.63) is 70.5 Å². The normalized spacial score (nSPS) is 13.6. The van der Waals surface area contributed by atoms with E-state index in [1.54, 1.807) is 6.07 Å². The Labute approximate surface area is 181 Å². The average Bonchev–Trinajstić information content (AvgIpc) is 2.74. The lowest BCUT2D eigenvalue weighted by molar-refractivity contribution is -0.123. The number of carbonyl (C=O) groups excluding carboxylic acids is 1. The quantitative estimate of drug-likeness (QED) is 0.536. The number of benzene rings is 2. The minimum atomic E-state index is -0.215. The number of carbonyl (C=O) groups is 1. The van der Waals surface area contributed by atoms with Crippen LogP contribution in [-0.4, -0.2) is 30.2 Å². The molecule has 6 heteroatoms. The number of fused-ring (bicyclic) bond motifs is 1. The Morgan fingerprint density at radius 2 is 1.87 bits per heavy atom. The van der Waals surface area contributed by atoms with Crippen molar-refractivity contribution in [2.75, 3.05) is 19.8 Å². The number of aromatic nitrogens is 1. The van der Waals surface area contributed by atoms with Crippen LogP contribution in [0.3, 0.4) is 0 Å². The molecule has 4 rings (SSSR count). The Hall–Kier alpha value is -3.28. The number of para-hydroxylation sites is 1. The van der Waals surface area contributed by atoms with E-state index in [0.717, 1.165) is 28.8 Å². The third-order valence-electron chi connectivity index (χ3n) is 5.76. The highest BCUT2D eigenvalue weighted by atomic mass is 16.5. The zero-order valence-corrected chi connectivity index (χ0v) is 17.8. The molecule has 0 radical (unpaired) electrons. The summed E-state index contributed by atoms with van der Waals surface area (Å²) in [6, 6.07) is 16.8. The molecule has 1 N–H and O–H groups in total. The Bertz CT molecular complexity index is 1100. The molecule has 1 amide bonds. The first-order chi connectivity index (χ1) is 15.1. The summed E-state index contributed by atoms with van der Waals surface area (Å²) in [5, 5.41) is 3.82. The third-order valence-corrected chi connectivity index (χ3v) is 5.76. The van der Waals surface area contributed by atoms with Crippen molar-refractivity contribution in [2.24, 2.45) is 5.92 Å². The number of pyridine rings is 1. The largest absolute Gasteiger partial charge is 0.492 e. The molecule has 0 atom stereocenters. The van der Waals surface area contributed by atoms with Crippen LogP contribution in [0.1, 0.15) is 24.8 Å². The van der Waals surface area contributed by atoms with E-state index in [1.165, 1.54) is 19.3 Å². The molecule has 0 spiro atoms. The van der Waals surface area contributed by atoms with Gasteiger partial charge in [-0.05, 0) is 55.5 Å². The summed E-state index contributed by atoms with van der Waals surface area (Å²) in [5.41, 5.74) is 1.84. The molecule has 0 saturated heterocycles. The van der Waals surface area contributed by atoms with Crippen LogP contribution in [0.25, 0.3) is 10.9 Å². The lowest BCUT2D eigenvalue weighted by Gasteiger charge is -2.27. The highest BCUT2D eigenvalue weighted by Crippen LogP contribution is 2.29. The van der Waals surface area contributed by atoms with Gasteiger partial charge < -0.3 is 19.4 Å². The monoisotopic (exact) mass is 420 g/mol. The number of amides is 1. The van der Waals surface area contributed by atoms with Gasteiger partial charge in [0.1, 0.15) is 18.1 Å². The second-order valence-electron chi connectivity index (χ2n) is 8.05. The molecule has 31 heavy (non-hydrogen) atoms. The lowest BCUT2D eigenvalue weighted by atomic mass is 9.85. The third kappa shape index (κ3) is 5.26. The van der Waals surface area contributed by atoms with Crippen LogP contribution in [0.15, 0.2) is 59.4 Å². The minimum Gasteiger partial charge on any atom is -0.492 e. The van der Waals surface area contributed by atoms with Crippen molar-refractivity contribution in [3.8, 4) is 11.5 Å². The van der Waals surface area contributed by atoms with Gasteiger partial charge in [0.15, 0.2) is 6.61 Å². The molecule has 1 heterocycles. The first kappa shape index (κ1) is 21.0. The molecule has 0 bridgehead atoms. The topological polar surface area (TPSA) is 69.6 Å². The summed E-state index contributed by atoms with van der Waals surface area (Å²) in [4.78, 5) is 24.7. The van der Waals surface area contributed by atoms with Gasteiger partial charge in [0, 0.05) is 24.1 Å². The molecule has 1 aliphatic rings. The first-order valence-electron chi connectivity index (χ1n) is 10.8. The predicted octanol–water partition coefficient (Wildman–Crippen LogP) is 3.68. The second-order valence-corrected chi connectivity index (χ2v) is 8.05. The van der Waals surface area contributed by atoms with Crippen molar-refractivity contribution in [1.82, 2.24) is 9.88 Å². The van der Waals surface area contributed by atoms with Gasteiger partial charge in [0.2, 0.25) is 0 Å². The molecule has 1 aromatic heterocycles. The smallest absolute Gasteiger partial charge is 0.258 e. The van der Waals surface area contributed by atoms with Gasteiger partial charge in [-0.1, -0.05) is 24.6 Å². The van der Waals surface area contributed by atoms with Crippen LogP contribution in [0.5, 0.6) is 11.5 Å². The van der Waals surface area contributed by atoms with Gasteiger partial charge >= 0.3 is 0 Å². The molecule has 0 aliphatic heterocycles. The summed E-state index contributed by atoms with van der Waals surface area (Å²) >= 11 is 0. The fourth-order valence-electron chi connectivity index (χ4n) is 3.82. The van der Waals surface area contributed by atoms with Crippen LogP contribution >= 0.6 is 0 Å². The molecule has 3 aromatic rings. The van der Waals surface area contributed by atoms with Crippen LogP contribution < -0.4 is 20.3 Å². The summed E-state index contributed by atoms with van der Waals surface area (Å²) in [7, 11) is 0. The fraction of sp³-hybridized carbons (Fsp3) is 0.360. The summed E-state index contributed by atoms with van der Waals surface area (Å²) in [6.45, 7) is 3.38. The maximum Gasteiger partial charge on any atom is 0.258 e. The van der Waals surface area contributed by atoms with Crippen LogP contribution in [0.4, 0.5) is 0 Å². The average molecular weight is 421 g/mol. The van der Waals surface area contributed by atoms with Crippen molar-refractivity contribution in [1.29, 1.82) is 0 Å². The molecule has 0 unspecified atom stereocenters. The number of nitrogens with zero attached hydrogens (tertiary/aromatic N) is 1. The number of hydrogen-bond acceptors (Lipinski definition) is 4.